The van der Waals surface area contributed by atoms with Crippen molar-refractivity contribution in [2.45, 2.75) is 9.41 Å². The first-order chi connectivity index (χ1) is 3.56. The molecule has 46 valence electrons. The highest BCUT2D eigenvalue weighted by Crippen LogP contribution is 2.30. The molecule has 8 heavy (non-hydrogen) atoms. The van der Waals surface area contributed by atoms with Crippen molar-refractivity contribution in [1.29, 1.82) is 0 Å². The van der Waals surface area contributed by atoms with E-state index in [1.807, 2.05) is 0 Å². The molecule has 0 N–H and O–H groups in total. The lowest BCUT2D eigenvalue weighted by Crippen LogP contribution is -2.05. The second-order valence-corrected chi connectivity index (χ2v) is 5.80. The van der Waals surface area contributed by atoms with E-state index in [2.05, 4.69) is 45.8 Å². The molecular weight excluding hydrogens is 207 g/mol. The lowest BCUT2D eigenvalue weighted by molar-refractivity contribution is 0.346. The summed E-state index contributed by atoms with van der Waals surface area (Å²) in [6, 6.07) is 0. The fraction of sp³-hybridized carbons (Fsp3) is 1.00. The molecule has 0 rings (SSSR count). The predicted molar refractivity (Wildman–Crippen MR) is 46.0 cm³/mol. The summed E-state index contributed by atoms with van der Waals surface area (Å²) < 4.78 is 3.84. The average Bonchev–Trinajstić information content (AvgIpc) is 1.59. The van der Waals surface area contributed by atoms with Gasteiger partial charge in [-0.15, -0.1) is 0 Å². The van der Waals surface area contributed by atoms with E-state index < -0.39 is 2.99 Å². The van der Waals surface area contributed by atoms with Crippen molar-refractivity contribution in [3.05, 3.63) is 0 Å². The SMILES string of the molecule is [B]OCCC(S)(S)Br. The molecule has 0 aliphatic carbocycles. The Labute approximate surface area is 69.9 Å². The lowest BCUT2D eigenvalue weighted by Gasteiger charge is -2.12. The third kappa shape index (κ3) is 7.20. The van der Waals surface area contributed by atoms with Gasteiger partial charge in [-0.25, -0.2) is 0 Å². The minimum Gasteiger partial charge on any atom is -0.447 e. The van der Waals surface area contributed by atoms with Gasteiger partial charge in [0.1, 0.15) is 2.99 Å². The fourth-order valence-corrected chi connectivity index (χ4v) is 0.533. The Kier molecular flexibility index (Phi) is 4.71. The van der Waals surface area contributed by atoms with Crippen LogP contribution in [-0.4, -0.2) is 17.6 Å². The zero-order valence-corrected chi connectivity index (χ0v) is 7.55. The first-order valence-corrected chi connectivity index (χ1v) is 3.70. The van der Waals surface area contributed by atoms with Gasteiger partial charge in [0.25, 0.3) is 8.05 Å². The number of rotatable bonds is 3. The Hall–Kier alpha value is 1.20. The van der Waals surface area contributed by atoms with Crippen LogP contribution in [0.1, 0.15) is 6.42 Å². The van der Waals surface area contributed by atoms with E-state index in [-0.39, 0.29) is 0 Å². The van der Waals surface area contributed by atoms with Crippen LogP contribution in [-0.2, 0) is 4.65 Å². The number of hydrogen-bond donors (Lipinski definition) is 2. The van der Waals surface area contributed by atoms with Gasteiger partial charge in [0.15, 0.2) is 0 Å². The maximum atomic E-state index is 4.75. The summed E-state index contributed by atoms with van der Waals surface area (Å²) in [6.07, 6.45) is 0.662. The number of thiol groups is 2. The minimum absolute atomic E-state index is 0.452. The van der Waals surface area contributed by atoms with Crippen molar-refractivity contribution in [3.63, 3.8) is 0 Å². The molecule has 0 aromatic heterocycles. The van der Waals surface area contributed by atoms with Crippen LogP contribution in [0.5, 0.6) is 0 Å². The van der Waals surface area contributed by atoms with Gasteiger partial charge in [-0.3, -0.25) is 0 Å². The first kappa shape index (κ1) is 9.20. The molecule has 0 heterocycles. The Morgan fingerprint density at radius 2 is 2.12 bits per heavy atom. The Morgan fingerprint density at radius 3 is 2.25 bits per heavy atom. The van der Waals surface area contributed by atoms with Gasteiger partial charge in [0.05, 0.1) is 0 Å². The zero-order valence-electron chi connectivity index (χ0n) is 4.17. The summed E-state index contributed by atoms with van der Waals surface area (Å²) >= 11 is 11.2. The maximum absolute atomic E-state index is 4.75. The van der Waals surface area contributed by atoms with Crippen LogP contribution >= 0.6 is 41.2 Å². The summed E-state index contributed by atoms with van der Waals surface area (Å²) in [5.41, 5.74) is 0. The Bertz CT molecular complexity index is 64.8. The fourth-order valence-electron chi connectivity index (χ4n) is 0.189. The van der Waals surface area contributed by atoms with Crippen molar-refractivity contribution < 1.29 is 4.65 Å². The molecular formula is C3H6BBrOS2. The van der Waals surface area contributed by atoms with E-state index in [1.165, 1.54) is 0 Å². The van der Waals surface area contributed by atoms with E-state index in [1.54, 1.807) is 0 Å². The lowest BCUT2D eigenvalue weighted by atomic mass is 10.5. The standard InChI is InChI=1S/C3H6BBrOS2/c4-6-2-1-3(5,7)8/h7-8H,1-2H2. The van der Waals surface area contributed by atoms with Crippen LogP contribution < -0.4 is 0 Å². The third-order valence-electron chi connectivity index (χ3n) is 0.538. The molecule has 0 atom stereocenters. The zero-order chi connectivity index (χ0) is 6.62. The highest BCUT2D eigenvalue weighted by Gasteiger charge is 2.12. The van der Waals surface area contributed by atoms with Crippen LogP contribution in [0.3, 0.4) is 0 Å². The Balaban J connectivity index is 3.11. The van der Waals surface area contributed by atoms with Crippen molar-refractivity contribution in [2.75, 3.05) is 6.61 Å². The van der Waals surface area contributed by atoms with Crippen LogP contribution in [0.15, 0.2) is 0 Å². The molecule has 0 saturated carbocycles. The molecule has 0 aliphatic heterocycles. The average molecular weight is 213 g/mol. The molecule has 0 fully saturated rings. The smallest absolute Gasteiger partial charge is 0.282 e. The third-order valence-corrected chi connectivity index (χ3v) is 1.38. The summed E-state index contributed by atoms with van der Waals surface area (Å²) in [4.78, 5) is 0. The van der Waals surface area contributed by atoms with E-state index in [9.17, 15) is 0 Å². The van der Waals surface area contributed by atoms with Gasteiger partial charge in [0, 0.05) is 13.0 Å². The molecule has 0 bridgehead atoms. The van der Waals surface area contributed by atoms with Gasteiger partial charge in [0.2, 0.25) is 0 Å². The normalized spacial score (nSPS) is 11.9. The van der Waals surface area contributed by atoms with Crippen LogP contribution in [0, 0.1) is 0 Å². The van der Waals surface area contributed by atoms with Crippen LogP contribution in [0.2, 0.25) is 0 Å². The quantitative estimate of drug-likeness (QED) is 0.311. The van der Waals surface area contributed by atoms with Gasteiger partial charge in [-0.05, 0) is 0 Å². The molecule has 0 aliphatic rings. The monoisotopic (exact) mass is 212 g/mol. The molecule has 0 saturated heterocycles. The van der Waals surface area contributed by atoms with E-state index in [0.29, 0.717) is 13.0 Å². The predicted octanol–water partition coefficient (Wildman–Crippen LogP) is 1.38. The van der Waals surface area contributed by atoms with Gasteiger partial charge in [-0.2, -0.15) is 25.3 Å². The van der Waals surface area contributed by atoms with Gasteiger partial charge in [-0.1, -0.05) is 15.9 Å². The van der Waals surface area contributed by atoms with Crippen LogP contribution in [0.25, 0.3) is 0 Å². The highest BCUT2D eigenvalue weighted by molar-refractivity contribution is 9.13. The molecule has 0 aromatic carbocycles. The van der Waals surface area contributed by atoms with E-state index in [0.717, 1.165) is 0 Å². The summed E-state index contributed by atoms with van der Waals surface area (Å²) in [7, 11) is 4.75. The van der Waals surface area contributed by atoms with Crippen molar-refractivity contribution in [2.24, 2.45) is 0 Å². The van der Waals surface area contributed by atoms with Crippen molar-refractivity contribution >= 4 is 49.2 Å². The first-order valence-electron chi connectivity index (χ1n) is 2.01. The minimum atomic E-state index is -0.452. The van der Waals surface area contributed by atoms with Crippen molar-refractivity contribution in [1.82, 2.24) is 0 Å². The van der Waals surface area contributed by atoms with Gasteiger partial charge >= 0.3 is 0 Å². The number of hydrogen-bond acceptors (Lipinski definition) is 3. The number of halogens is 1. The number of alkyl halides is 1. The molecule has 5 heteroatoms. The summed E-state index contributed by atoms with van der Waals surface area (Å²) in [5, 5.41) is 0. The van der Waals surface area contributed by atoms with Gasteiger partial charge < -0.3 is 4.65 Å². The topological polar surface area (TPSA) is 9.23 Å². The second-order valence-electron chi connectivity index (χ2n) is 1.34. The Morgan fingerprint density at radius 1 is 1.62 bits per heavy atom. The highest BCUT2D eigenvalue weighted by atomic mass is 79.9. The molecule has 0 aromatic rings. The molecule has 0 unspecified atom stereocenters. The van der Waals surface area contributed by atoms with E-state index in [4.69, 9.17) is 8.05 Å². The molecule has 2 radical (unpaired) electrons. The maximum Gasteiger partial charge on any atom is 0.282 e. The molecule has 1 nitrogen and oxygen atoms in total. The largest absolute Gasteiger partial charge is 0.447 e. The summed E-state index contributed by atoms with van der Waals surface area (Å²) in [5.74, 6) is 0. The summed E-state index contributed by atoms with van der Waals surface area (Å²) in [6.45, 7) is 0.457. The molecule has 0 amide bonds. The van der Waals surface area contributed by atoms with Crippen molar-refractivity contribution in [3.8, 4) is 0 Å². The second kappa shape index (κ2) is 4.09. The van der Waals surface area contributed by atoms with Crippen LogP contribution in [0.4, 0.5) is 0 Å². The molecule has 0 spiro atoms. The van der Waals surface area contributed by atoms with E-state index >= 15 is 0 Å².